The van der Waals surface area contributed by atoms with E-state index < -0.39 is 0 Å². The number of carbonyl (C=O) groups excluding carboxylic acids is 1. The lowest BCUT2D eigenvalue weighted by molar-refractivity contribution is 0.0951. The van der Waals surface area contributed by atoms with Gasteiger partial charge in [0.05, 0.1) is 5.56 Å². The third-order valence-corrected chi connectivity index (χ3v) is 3.59. The number of amides is 1. The molecule has 0 aliphatic rings. The minimum atomic E-state index is -0.0432. The van der Waals surface area contributed by atoms with Crippen LogP contribution in [0.25, 0.3) is 5.82 Å². The monoisotopic (exact) mass is 304 g/mol. The highest BCUT2D eigenvalue weighted by molar-refractivity contribution is 5.95. The molecule has 1 amide bonds. The lowest BCUT2D eigenvalue weighted by atomic mass is 10.2. The normalized spacial score (nSPS) is 11.2. The first-order valence-corrected chi connectivity index (χ1v) is 7.45. The van der Waals surface area contributed by atoms with Gasteiger partial charge in [0.15, 0.2) is 5.82 Å². The highest BCUT2D eigenvalue weighted by Crippen LogP contribution is 2.20. The molecule has 22 heavy (non-hydrogen) atoms. The fraction of sp³-hybridized carbons (Fsp3) is 0.500. The van der Waals surface area contributed by atoms with Crippen LogP contribution < -0.4 is 5.32 Å². The molecular weight excluding hydrogens is 280 g/mol. The molecule has 2 heterocycles. The largest absolute Gasteiger partial charge is 0.360 e. The molecule has 0 saturated heterocycles. The Bertz CT molecular complexity index is 655. The van der Waals surface area contributed by atoms with E-state index >= 15 is 0 Å². The standard InChI is InChI=1S/C16H24N4O2/c1-11-9-14(16(21)17-7-6-8-19(4)5)13(3)20(11)15-10-12(2)22-18-15/h9-10H,6-8H2,1-5H3,(H,17,21). The number of hydrogen-bond acceptors (Lipinski definition) is 4. The Balaban J connectivity index is 2.11. The molecular formula is C16H24N4O2. The van der Waals surface area contributed by atoms with Crippen molar-refractivity contribution in [3.8, 4) is 5.82 Å². The van der Waals surface area contributed by atoms with E-state index in [9.17, 15) is 4.79 Å². The van der Waals surface area contributed by atoms with E-state index in [0.29, 0.717) is 17.9 Å². The predicted molar refractivity (Wildman–Crippen MR) is 85.5 cm³/mol. The van der Waals surface area contributed by atoms with Crippen LogP contribution in [0.3, 0.4) is 0 Å². The average molecular weight is 304 g/mol. The van der Waals surface area contributed by atoms with Crippen LogP contribution in [0.2, 0.25) is 0 Å². The van der Waals surface area contributed by atoms with Crippen LogP contribution in [0.5, 0.6) is 0 Å². The van der Waals surface area contributed by atoms with Gasteiger partial charge in [0, 0.05) is 24.0 Å². The van der Waals surface area contributed by atoms with Gasteiger partial charge in [-0.05, 0) is 53.9 Å². The van der Waals surface area contributed by atoms with E-state index in [1.807, 2.05) is 51.6 Å². The van der Waals surface area contributed by atoms with Crippen molar-refractivity contribution in [3.05, 3.63) is 34.8 Å². The molecule has 0 aliphatic heterocycles. The van der Waals surface area contributed by atoms with Gasteiger partial charge in [-0.15, -0.1) is 0 Å². The molecule has 0 aromatic carbocycles. The van der Waals surface area contributed by atoms with Crippen LogP contribution in [0.15, 0.2) is 16.7 Å². The predicted octanol–water partition coefficient (Wildman–Crippen LogP) is 2.07. The smallest absolute Gasteiger partial charge is 0.253 e. The third-order valence-electron chi connectivity index (χ3n) is 3.59. The minimum absolute atomic E-state index is 0.0432. The zero-order chi connectivity index (χ0) is 16.3. The molecule has 120 valence electrons. The maximum absolute atomic E-state index is 12.3. The van der Waals surface area contributed by atoms with Crippen LogP contribution in [0.4, 0.5) is 0 Å². The first-order valence-electron chi connectivity index (χ1n) is 7.45. The zero-order valence-electron chi connectivity index (χ0n) is 13.9. The highest BCUT2D eigenvalue weighted by Gasteiger charge is 2.18. The zero-order valence-corrected chi connectivity index (χ0v) is 13.9. The van der Waals surface area contributed by atoms with Crippen molar-refractivity contribution in [2.75, 3.05) is 27.2 Å². The molecule has 0 fully saturated rings. The fourth-order valence-corrected chi connectivity index (χ4v) is 2.50. The van der Waals surface area contributed by atoms with Gasteiger partial charge in [0.25, 0.3) is 5.91 Å². The summed E-state index contributed by atoms with van der Waals surface area (Å²) in [5.74, 6) is 1.41. The molecule has 6 nitrogen and oxygen atoms in total. The van der Waals surface area contributed by atoms with Crippen LogP contribution in [0, 0.1) is 20.8 Å². The van der Waals surface area contributed by atoms with Crippen LogP contribution in [0.1, 0.15) is 33.9 Å². The lowest BCUT2D eigenvalue weighted by Crippen LogP contribution is -2.27. The second kappa shape index (κ2) is 6.79. The molecule has 0 unspecified atom stereocenters. The van der Waals surface area contributed by atoms with Crippen molar-refractivity contribution in [1.82, 2.24) is 19.9 Å². The average Bonchev–Trinajstić information content (AvgIpc) is 2.98. The number of hydrogen-bond donors (Lipinski definition) is 1. The van der Waals surface area contributed by atoms with Crippen molar-refractivity contribution in [2.45, 2.75) is 27.2 Å². The van der Waals surface area contributed by atoms with E-state index in [0.717, 1.165) is 30.1 Å². The summed E-state index contributed by atoms with van der Waals surface area (Å²) in [6.45, 7) is 7.36. The minimum Gasteiger partial charge on any atom is -0.360 e. The van der Waals surface area contributed by atoms with E-state index in [-0.39, 0.29) is 5.91 Å². The second-order valence-corrected chi connectivity index (χ2v) is 5.83. The van der Waals surface area contributed by atoms with Gasteiger partial charge >= 0.3 is 0 Å². The summed E-state index contributed by atoms with van der Waals surface area (Å²) in [7, 11) is 4.05. The van der Waals surface area contributed by atoms with Gasteiger partial charge in [0.1, 0.15) is 5.76 Å². The van der Waals surface area contributed by atoms with E-state index in [1.165, 1.54) is 0 Å². The molecule has 2 aromatic heterocycles. The maximum atomic E-state index is 12.3. The summed E-state index contributed by atoms with van der Waals surface area (Å²) in [5, 5.41) is 7.00. The molecule has 1 N–H and O–H groups in total. The SMILES string of the molecule is Cc1cc(-n2c(C)cc(C(=O)NCCCN(C)C)c2C)no1. The van der Waals surface area contributed by atoms with Crippen molar-refractivity contribution < 1.29 is 9.32 Å². The number of rotatable bonds is 6. The molecule has 0 saturated carbocycles. The molecule has 6 heteroatoms. The van der Waals surface area contributed by atoms with E-state index in [1.54, 1.807) is 0 Å². The molecule has 0 atom stereocenters. The first-order chi connectivity index (χ1) is 10.4. The third kappa shape index (κ3) is 3.57. The maximum Gasteiger partial charge on any atom is 0.253 e. The summed E-state index contributed by atoms with van der Waals surface area (Å²) in [6, 6.07) is 3.75. The summed E-state index contributed by atoms with van der Waals surface area (Å²) >= 11 is 0. The Kier molecular flexibility index (Phi) is 5.03. The van der Waals surface area contributed by atoms with Crippen LogP contribution in [-0.2, 0) is 0 Å². The molecule has 0 aliphatic carbocycles. The molecule has 0 bridgehead atoms. The molecule has 2 rings (SSSR count). The van der Waals surface area contributed by atoms with Gasteiger partial charge in [-0.2, -0.15) is 0 Å². The quantitative estimate of drug-likeness (QED) is 0.830. The van der Waals surface area contributed by atoms with Crippen LogP contribution in [-0.4, -0.2) is 47.7 Å². The number of carbonyl (C=O) groups is 1. The number of nitrogens with zero attached hydrogens (tertiary/aromatic N) is 3. The lowest BCUT2D eigenvalue weighted by Gasteiger charge is -2.10. The van der Waals surface area contributed by atoms with Crippen molar-refractivity contribution in [3.63, 3.8) is 0 Å². The van der Waals surface area contributed by atoms with E-state index in [2.05, 4.69) is 15.4 Å². The van der Waals surface area contributed by atoms with Gasteiger partial charge in [0.2, 0.25) is 0 Å². The Morgan fingerprint density at radius 3 is 2.64 bits per heavy atom. The van der Waals surface area contributed by atoms with Crippen molar-refractivity contribution in [1.29, 1.82) is 0 Å². The van der Waals surface area contributed by atoms with E-state index in [4.69, 9.17) is 4.52 Å². The van der Waals surface area contributed by atoms with Gasteiger partial charge in [-0.1, -0.05) is 5.16 Å². The molecule has 2 aromatic rings. The van der Waals surface area contributed by atoms with Crippen LogP contribution >= 0.6 is 0 Å². The summed E-state index contributed by atoms with van der Waals surface area (Å²) in [5.41, 5.74) is 2.52. The fourth-order valence-electron chi connectivity index (χ4n) is 2.50. The van der Waals surface area contributed by atoms with Gasteiger partial charge < -0.3 is 14.7 Å². The topological polar surface area (TPSA) is 63.3 Å². The van der Waals surface area contributed by atoms with Gasteiger partial charge in [-0.25, -0.2) is 0 Å². The number of nitrogens with one attached hydrogen (secondary N) is 1. The Morgan fingerprint density at radius 2 is 2.05 bits per heavy atom. The second-order valence-electron chi connectivity index (χ2n) is 5.83. The van der Waals surface area contributed by atoms with Crippen molar-refractivity contribution >= 4 is 5.91 Å². The van der Waals surface area contributed by atoms with Gasteiger partial charge in [-0.3, -0.25) is 9.36 Å². The number of aromatic nitrogens is 2. The Labute approximate surface area is 131 Å². The Hall–Kier alpha value is -2.08. The summed E-state index contributed by atoms with van der Waals surface area (Å²) in [4.78, 5) is 14.4. The highest BCUT2D eigenvalue weighted by atomic mass is 16.5. The molecule has 0 radical (unpaired) electrons. The summed E-state index contributed by atoms with van der Waals surface area (Å²) < 4.78 is 7.06. The number of aryl methyl sites for hydroxylation is 2. The first kappa shape index (κ1) is 16.3. The summed E-state index contributed by atoms with van der Waals surface area (Å²) in [6.07, 6.45) is 0.931. The van der Waals surface area contributed by atoms with Crippen molar-refractivity contribution in [2.24, 2.45) is 0 Å². The Morgan fingerprint density at radius 1 is 1.32 bits per heavy atom. The molecule has 0 spiro atoms.